The molecule has 2 aromatic carbocycles. The molecule has 0 bridgehead atoms. The molecule has 0 radical (unpaired) electrons. The minimum Gasteiger partial charge on any atom is -0.316 e. The highest BCUT2D eigenvalue weighted by Gasteiger charge is 2.12. The summed E-state index contributed by atoms with van der Waals surface area (Å²) in [6, 6.07) is 17.0. The van der Waals surface area contributed by atoms with Gasteiger partial charge in [0, 0.05) is 17.5 Å². The number of aryl methyl sites for hydroxylation is 1. The lowest BCUT2D eigenvalue weighted by atomic mass is 9.91. The van der Waals surface area contributed by atoms with Crippen molar-refractivity contribution in [2.45, 2.75) is 26.2 Å². The summed E-state index contributed by atoms with van der Waals surface area (Å²) >= 11 is 5.98. The summed E-state index contributed by atoms with van der Waals surface area (Å²) in [6.45, 7) is 6.26. The van der Waals surface area contributed by atoms with Crippen molar-refractivity contribution in [3.05, 3.63) is 70.2 Å². The Hall–Kier alpha value is -1.31. The van der Waals surface area contributed by atoms with Crippen molar-refractivity contribution < 1.29 is 0 Å². The average molecular weight is 288 g/mol. The molecule has 2 heteroatoms. The first kappa shape index (κ1) is 15.1. The summed E-state index contributed by atoms with van der Waals surface area (Å²) in [5.41, 5.74) is 4.04. The van der Waals surface area contributed by atoms with E-state index in [0.717, 1.165) is 24.5 Å². The molecule has 0 spiro atoms. The van der Waals surface area contributed by atoms with Crippen LogP contribution in [0.2, 0.25) is 5.02 Å². The second-order valence-corrected chi connectivity index (χ2v) is 5.68. The third-order valence-corrected chi connectivity index (χ3v) is 3.84. The largest absolute Gasteiger partial charge is 0.316 e. The number of halogens is 1. The van der Waals surface area contributed by atoms with E-state index in [1.54, 1.807) is 0 Å². The van der Waals surface area contributed by atoms with E-state index in [1.165, 1.54) is 16.7 Å². The van der Waals surface area contributed by atoms with Crippen molar-refractivity contribution in [1.29, 1.82) is 0 Å². The molecule has 1 unspecified atom stereocenters. The normalized spacial score (nSPS) is 12.3. The summed E-state index contributed by atoms with van der Waals surface area (Å²) in [5, 5.41) is 4.26. The number of hydrogen-bond acceptors (Lipinski definition) is 1. The molecule has 20 heavy (non-hydrogen) atoms. The zero-order valence-electron chi connectivity index (χ0n) is 12.2. The highest BCUT2D eigenvalue weighted by Crippen LogP contribution is 2.22. The van der Waals surface area contributed by atoms with Crippen molar-refractivity contribution in [1.82, 2.24) is 5.32 Å². The van der Waals surface area contributed by atoms with Crippen molar-refractivity contribution >= 4 is 11.6 Å². The number of hydrogen-bond donors (Lipinski definition) is 1. The van der Waals surface area contributed by atoms with Gasteiger partial charge in [0.1, 0.15) is 0 Å². The summed E-state index contributed by atoms with van der Waals surface area (Å²) < 4.78 is 0. The molecular weight excluding hydrogens is 266 g/mol. The van der Waals surface area contributed by atoms with Crippen molar-refractivity contribution in [3.63, 3.8) is 0 Å². The van der Waals surface area contributed by atoms with Crippen LogP contribution in [-0.2, 0) is 6.42 Å². The van der Waals surface area contributed by atoms with Gasteiger partial charge in [-0.05, 0) is 43.1 Å². The van der Waals surface area contributed by atoms with Gasteiger partial charge >= 0.3 is 0 Å². The minimum absolute atomic E-state index is 0.481. The number of rotatable bonds is 6. The monoisotopic (exact) mass is 287 g/mol. The molecule has 1 nitrogen and oxygen atoms in total. The molecule has 0 fully saturated rings. The van der Waals surface area contributed by atoms with Gasteiger partial charge in [-0.1, -0.05) is 60.5 Å². The van der Waals surface area contributed by atoms with Crippen molar-refractivity contribution in [3.8, 4) is 0 Å². The van der Waals surface area contributed by atoms with E-state index >= 15 is 0 Å². The summed E-state index contributed by atoms with van der Waals surface area (Å²) in [7, 11) is 0. The molecule has 0 aliphatic heterocycles. The van der Waals surface area contributed by atoms with Crippen LogP contribution in [0.5, 0.6) is 0 Å². The zero-order chi connectivity index (χ0) is 14.4. The molecule has 0 aliphatic rings. The smallest absolute Gasteiger partial charge is 0.0406 e. The van der Waals surface area contributed by atoms with E-state index in [-0.39, 0.29) is 0 Å². The fourth-order valence-corrected chi connectivity index (χ4v) is 2.50. The molecule has 106 valence electrons. The summed E-state index contributed by atoms with van der Waals surface area (Å²) in [6.07, 6.45) is 1.05. The molecule has 0 saturated carbocycles. The molecule has 0 heterocycles. The first-order valence-electron chi connectivity index (χ1n) is 7.20. The first-order chi connectivity index (χ1) is 9.69. The first-order valence-corrected chi connectivity index (χ1v) is 7.58. The third kappa shape index (κ3) is 4.36. The number of likely N-dealkylation sites (N-methyl/N-ethyl adjacent to an activating group) is 1. The Morgan fingerprint density at radius 1 is 1.00 bits per heavy atom. The zero-order valence-corrected chi connectivity index (χ0v) is 13.0. The molecule has 2 rings (SSSR count). The second kappa shape index (κ2) is 7.47. The van der Waals surface area contributed by atoms with Crippen LogP contribution >= 0.6 is 11.6 Å². The quantitative estimate of drug-likeness (QED) is 0.820. The molecule has 1 atom stereocenters. The van der Waals surface area contributed by atoms with E-state index < -0.39 is 0 Å². The van der Waals surface area contributed by atoms with Gasteiger partial charge in [-0.2, -0.15) is 0 Å². The van der Waals surface area contributed by atoms with E-state index in [4.69, 9.17) is 11.6 Å². The lowest BCUT2D eigenvalue weighted by molar-refractivity contribution is 0.595. The van der Waals surface area contributed by atoms with Crippen molar-refractivity contribution in [2.24, 2.45) is 0 Å². The molecule has 2 aromatic rings. The van der Waals surface area contributed by atoms with E-state index in [1.807, 2.05) is 12.1 Å². The maximum atomic E-state index is 5.98. The molecule has 0 saturated heterocycles. The van der Waals surface area contributed by atoms with Gasteiger partial charge in [-0.25, -0.2) is 0 Å². The Bertz CT molecular complexity index is 516. The predicted octanol–water partition coefficient (Wildman–Crippen LogP) is 4.58. The van der Waals surface area contributed by atoms with Gasteiger partial charge in [-0.15, -0.1) is 0 Å². The standard InChI is InChI=1S/C18H22ClN/c1-3-20-13-17(16-8-10-18(19)11-9-16)12-15-6-4-14(2)5-7-15/h4-11,17,20H,3,12-13H2,1-2H3. The molecule has 0 amide bonds. The van der Waals surface area contributed by atoms with Gasteiger partial charge < -0.3 is 5.32 Å². The predicted molar refractivity (Wildman–Crippen MR) is 87.6 cm³/mol. The van der Waals surface area contributed by atoms with Crippen LogP contribution in [0.4, 0.5) is 0 Å². The highest BCUT2D eigenvalue weighted by molar-refractivity contribution is 6.30. The average Bonchev–Trinajstić information content (AvgIpc) is 2.46. The van der Waals surface area contributed by atoms with Crippen LogP contribution < -0.4 is 5.32 Å². The second-order valence-electron chi connectivity index (χ2n) is 5.25. The number of benzene rings is 2. The van der Waals surface area contributed by atoms with E-state index in [0.29, 0.717) is 5.92 Å². The van der Waals surface area contributed by atoms with Gasteiger partial charge in [0.25, 0.3) is 0 Å². The summed E-state index contributed by atoms with van der Waals surface area (Å²) in [5.74, 6) is 0.481. The van der Waals surface area contributed by atoms with E-state index in [2.05, 4.69) is 55.6 Å². The Morgan fingerprint density at radius 2 is 1.65 bits per heavy atom. The fourth-order valence-electron chi connectivity index (χ4n) is 2.37. The molecular formula is C18H22ClN. The van der Waals surface area contributed by atoms with Crippen LogP contribution in [0.1, 0.15) is 29.5 Å². The van der Waals surface area contributed by atoms with Gasteiger partial charge in [0.05, 0.1) is 0 Å². The van der Waals surface area contributed by atoms with Crippen molar-refractivity contribution in [2.75, 3.05) is 13.1 Å². The Labute approximate surface area is 127 Å². The van der Waals surface area contributed by atoms with Gasteiger partial charge in [-0.3, -0.25) is 0 Å². The van der Waals surface area contributed by atoms with Crippen LogP contribution in [0.3, 0.4) is 0 Å². The highest BCUT2D eigenvalue weighted by atomic mass is 35.5. The third-order valence-electron chi connectivity index (χ3n) is 3.58. The van der Waals surface area contributed by atoms with Crippen LogP contribution in [0.25, 0.3) is 0 Å². The van der Waals surface area contributed by atoms with Gasteiger partial charge in [0.2, 0.25) is 0 Å². The Kier molecular flexibility index (Phi) is 5.63. The minimum atomic E-state index is 0.481. The van der Waals surface area contributed by atoms with Crippen LogP contribution in [-0.4, -0.2) is 13.1 Å². The fraction of sp³-hybridized carbons (Fsp3) is 0.333. The van der Waals surface area contributed by atoms with Crippen LogP contribution in [0, 0.1) is 6.92 Å². The lowest BCUT2D eigenvalue weighted by Crippen LogP contribution is -2.22. The molecule has 0 aromatic heterocycles. The topological polar surface area (TPSA) is 12.0 Å². The SMILES string of the molecule is CCNCC(Cc1ccc(C)cc1)c1ccc(Cl)cc1. The van der Waals surface area contributed by atoms with Crippen LogP contribution in [0.15, 0.2) is 48.5 Å². The van der Waals surface area contributed by atoms with Gasteiger partial charge in [0.15, 0.2) is 0 Å². The number of nitrogens with one attached hydrogen (secondary N) is 1. The maximum Gasteiger partial charge on any atom is 0.0406 e. The molecule has 1 N–H and O–H groups in total. The maximum absolute atomic E-state index is 5.98. The Balaban J connectivity index is 2.14. The summed E-state index contributed by atoms with van der Waals surface area (Å²) in [4.78, 5) is 0. The van der Waals surface area contributed by atoms with E-state index in [9.17, 15) is 0 Å². The lowest BCUT2D eigenvalue weighted by Gasteiger charge is -2.18. The Morgan fingerprint density at radius 3 is 2.25 bits per heavy atom. The molecule has 0 aliphatic carbocycles.